The minimum atomic E-state index is -0.628. The van der Waals surface area contributed by atoms with Crippen molar-refractivity contribution < 1.29 is 4.92 Å². The number of fused-ring (bicyclic) bond motifs is 1. The smallest absolute Gasteiger partial charge is 0.319 e. The Labute approximate surface area is 164 Å². The second-order valence-corrected chi connectivity index (χ2v) is 6.50. The summed E-state index contributed by atoms with van der Waals surface area (Å²) in [7, 11) is 0. The predicted octanol–water partition coefficient (Wildman–Crippen LogP) is 4.13. The van der Waals surface area contributed by atoms with Crippen LogP contribution in [-0.4, -0.2) is 29.7 Å². The summed E-state index contributed by atoms with van der Waals surface area (Å²) < 4.78 is 1.58. The van der Waals surface area contributed by atoms with Crippen LogP contribution in [0.3, 0.4) is 0 Å². The third-order valence-electron chi connectivity index (χ3n) is 4.16. The van der Waals surface area contributed by atoms with E-state index in [1.165, 1.54) is 0 Å². The molecule has 0 radical (unpaired) electrons. The van der Waals surface area contributed by atoms with Gasteiger partial charge in [0.2, 0.25) is 11.0 Å². The number of anilines is 2. The van der Waals surface area contributed by atoms with E-state index >= 15 is 0 Å². The summed E-state index contributed by atoms with van der Waals surface area (Å²) in [5.41, 5.74) is 2.17. The van der Waals surface area contributed by atoms with E-state index in [0.29, 0.717) is 17.3 Å². The van der Waals surface area contributed by atoms with Crippen molar-refractivity contribution in [2.45, 2.75) is 13.8 Å². The van der Waals surface area contributed by atoms with Gasteiger partial charge in [0, 0.05) is 11.5 Å². The molecule has 0 saturated carbocycles. The molecule has 0 bridgehead atoms. The van der Waals surface area contributed by atoms with Gasteiger partial charge in [-0.2, -0.15) is 9.78 Å². The van der Waals surface area contributed by atoms with E-state index in [-0.39, 0.29) is 11.0 Å². The molecule has 140 valence electrons. The lowest BCUT2D eigenvalue weighted by molar-refractivity contribution is -0.384. The number of pyridine rings is 1. The third-order valence-corrected chi connectivity index (χ3v) is 4.44. The van der Waals surface area contributed by atoms with Gasteiger partial charge in [-0.15, -0.1) is 0 Å². The van der Waals surface area contributed by atoms with Gasteiger partial charge in [-0.25, -0.2) is 15.0 Å². The molecule has 9 nitrogen and oxygen atoms in total. The first kappa shape index (κ1) is 17.8. The molecule has 0 saturated heterocycles. The summed E-state index contributed by atoms with van der Waals surface area (Å²) in [6.07, 6.45) is 1.16. The SMILES string of the molecule is Cc1cc(Nc2ncnc(Cl)c2[N+](=O)[O-])n(-c2cc(C)c3ccccc3n2)n1. The standard InChI is InChI=1S/C18H14ClN7O2/c1-10-7-14(22-13-6-4-3-5-12(10)13)25-15(8-11(2)24-25)23-18-16(26(27)28)17(19)20-9-21-18/h3-9H,1-2H3,(H,20,21,23). The molecule has 0 spiro atoms. The van der Waals surface area contributed by atoms with Gasteiger partial charge in [-0.1, -0.05) is 29.8 Å². The van der Waals surface area contributed by atoms with Crippen LogP contribution in [0.5, 0.6) is 0 Å². The van der Waals surface area contributed by atoms with Gasteiger partial charge < -0.3 is 5.32 Å². The van der Waals surface area contributed by atoms with Crippen LogP contribution in [0.15, 0.2) is 42.7 Å². The second-order valence-electron chi connectivity index (χ2n) is 6.14. The van der Waals surface area contributed by atoms with Crippen LogP contribution >= 0.6 is 11.6 Å². The quantitative estimate of drug-likeness (QED) is 0.314. The molecule has 0 aliphatic heterocycles. The number of aryl methyl sites for hydroxylation is 2. The average molecular weight is 396 g/mol. The molecule has 0 aliphatic rings. The fourth-order valence-electron chi connectivity index (χ4n) is 2.94. The largest absolute Gasteiger partial charge is 0.348 e. The number of hydrogen-bond acceptors (Lipinski definition) is 7. The van der Waals surface area contributed by atoms with E-state index < -0.39 is 10.6 Å². The molecule has 0 fully saturated rings. The molecule has 3 heterocycles. The Hall–Kier alpha value is -3.59. The molecule has 10 heteroatoms. The van der Waals surface area contributed by atoms with E-state index in [0.717, 1.165) is 22.8 Å². The van der Waals surface area contributed by atoms with Crippen molar-refractivity contribution in [3.05, 3.63) is 69.3 Å². The molecule has 4 rings (SSSR count). The fraction of sp³-hybridized carbons (Fsp3) is 0.111. The summed E-state index contributed by atoms with van der Waals surface area (Å²) in [4.78, 5) is 23.0. The van der Waals surface area contributed by atoms with Crippen LogP contribution in [-0.2, 0) is 0 Å². The number of nitrogens with one attached hydrogen (secondary N) is 1. The topological polar surface area (TPSA) is 112 Å². The molecule has 0 unspecified atom stereocenters. The highest BCUT2D eigenvalue weighted by Crippen LogP contribution is 2.31. The van der Waals surface area contributed by atoms with Gasteiger partial charge in [-0.05, 0) is 31.5 Å². The number of nitro groups is 1. The normalized spacial score (nSPS) is 11.0. The zero-order chi connectivity index (χ0) is 19.8. The Morgan fingerprint density at radius 1 is 1.18 bits per heavy atom. The maximum atomic E-state index is 11.4. The Kier molecular flexibility index (Phi) is 4.36. The van der Waals surface area contributed by atoms with Crippen LogP contribution in [0.25, 0.3) is 16.7 Å². The molecule has 0 amide bonds. The first-order valence-corrected chi connectivity index (χ1v) is 8.67. The lowest BCUT2D eigenvalue weighted by Crippen LogP contribution is -2.08. The van der Waals surface area contributed by atoms with Crippen LogP contribution in [0.2, 0.25) is 5.15 Å². The summed E-state index contributed by atoms with van der Waals surface area (Å²) in [6, 6.07) is 11.4. The maximum Gasteiger partial charge on any atom is 0.348 e. The van der Waals surface area contributed by atoms with Crippen molar-refractivity contribution in [3.8, 4) is 5.82 Å². The average Bonchev–Trinajstić information content (AvgIpc) is 3.01. The van der Waals surface area contributed by atoms with Gasteiger partial charge >= 0.3 is 5.69 Å². The third kappa shape index (κ3) is 3.12. The van der Waals surface area contributed by atoms with Crippen molar-refractivity contribution in [3.63, 3.8) is 0 Å². The number of aromatic nitrogens is 5. The molecule has 4 aromatic rings. The number of rotatable bonds is 4. The lowest BCUT2D eigenvalue weighted by atomic mass is 10.1. The predicted molar refractivity (Wildman–Crippen MR) is 105 cm³/mol. The Morgan fingerprint density at radius 3 is 2.75 bits per heavy atom. The minimum Gasteiger partial charge on any atom is -0.319 e. The monoisotopic (exact) mass is 395 g/mol. The molecular formula is C18H14ClN7O2. The van der Waals surface area contributed by atoms with Crippen molar-refractivity contribution in [1.82, 2.24) is 24.7 Å². The van der Waals surface area contributed by atoms with Crippen LogP contribution in [0.1, 0.15) is 11.3 Å². The van der Waals surface area contributed by atoms with Crippen LogP contribution in [0.4, 0.5) is 17.3 Å². The Morgan fingerprint density at radius 2 is 1.96 bits per heavy atom. The van der Waals surface area contributed by atoms with Crippen LogP contribution in [0, 0.1) is 24.0 Å². The van der Waals surface area contributed by atoms with Crippen molar-refractivity contribution >= 4 is 39.8 Å². The molecular weight excluding hydrogens is 382 g/mol. The molecule has 28 heavy (non-hydrogen) atoms. The van der Waals surface area contributed by atoms with Crippen molar-refractivity contribution in [2.24, 2.45) is 0 Å². The van der Waals surface area contributed by atoms with Crippen LogP contribution < -0.4 is 5.32 Å². The maximum absolute atomic E-state index is 11.4. The van der Waals surface area contributed by atoms with E-state index in [4.69, 9.17) is 11.6 Å². The summed E-state index contributed by atoms with van der Waals surface area (Å²) in [6.45, 7) is 3.81. The van der Waals surface area contributed by atoms with E-state index in [1.807, 2.05) is 44.2 Å². The number of para-hydroxylation sites is 1. The van der Waals surface area contributed by atoms with Gasteiger partial charge in [0.05, 0.1) is 16.1 Å². The van der Waals surface area contributed by atoms with E-state index in [2.05, 4.69) is 25.4 Å². The number of hydrogen-bond donors (Lipinski definition) is 1. The van der Waals surface area contributed by atoms with E-state index in [9.17, 15) is 10.1 Å². The summed E-state index contributed by atoms with van der Waals surface area (Å²) in [5, 5.41) is 19.5. The first-order valence-electron chi connectivity index (χ1n) is 8.29. The molecule has 0 aliphatic carbocycles. The highest BCUT2D eigenvalue weighted by Gasteiger charge is 2.23. The van der Waals surface area contributed by atoms with Crippen molar-refractivity contribution in [1.29, 1.82) is 0 Å². The highest BCUT2D eigenvalue weighted by atomic mass is 35.5. The highest BCUT2D eigenvalue weighted by molar-refractivity contribution is 6.31. The van der Waals surface area contributed by atoms with Gasteiger partial charge in [0.25, 0.3) is 0 Å². The summed E-state index contributed by atoms with van der Waals surface area (Å²) >= 11 is 5.87. The van der Waals surface area contributed by atoms with Gasteiger partial charge in [-0.3, -0.25) is 10.1 Å². The van der Waals surface area contributed by atoms with Crippen molar-refractivity contribution in [2.75, 3.05) is 5.32 Å². The first-order chi connectivity index (χ1) is 13.4. The van der Waals surface area contributed by atoms with Gasteiger partial charge in [0.15, 0.2) is 5.82 Å². The Bertz CT molecular complexity index is 1220. The summed E-state index contributed by atoms with van der Waals surface area (Å²) in [5.74, 6) is 1.02. The molecule has 1 aromatic carbocycles. The Balaban J connectivity index is 1.83. The fourth-order valence-corrected chi connectivity index (χ4v) is 3.14. The molecule has 3 aromatic heterocycles. The molecule has 0 atom stereocenters. The number of nitrogens with zero attached hydrogens (tertiary/aromatic N) is 6. The zero-order valence-corrected chi connectivity index (χ0v) is 15.7. The molecule has 1 N–H and O–H groups in total. The lowest BCUT2D eigenvalue weighted by Gasteiger charge is -2.11. The second kappa shape index (κ2) is 6.86. The van der Waals surface area contributed by atoms with E-state index in [1.54, 1.807) is 10.7 Å². The number of halogens is 1. The van der Waals surface area contributed by atoms with Gasteiger partial charge in [0.1, 0.15) is 12.1 Å². The minimum absolute atomic E-state index is 0.0244. The number of benzene rings is 1. The zero-order valence-electron chi connectivity index (χ0n) is 14.9.